The van der Waals surface area contributed by atoms with Crippen molar-refractivity contribution in [3.63, 3.8) is 0 Å². The molecular formula is C22H33N3O5. The first-order chi connectivity index (χ1) is 14.6. The van der Waals surface area contributed by atoms with Gasteiger partial charge in [0.25, 0.3) is 0 Å². The lowest BCUT2D eigenvalue weighted by atomic mass is 9.91. The zero-order valence-electron chi connectivity index (χ0n) is 18.2. The van der Waals surface area contributed by atoms with Crippen molar-refractivity contribution in [2.24, 2.45) is 5.92 Å². The second-order valence-electron chi connectivity index (χ2n) is 7.81. The Morgan fingerprint density at radius 3 is 2.80 bits per heavy atom. The molecule has 0 saturated carbocycles. The lowest BCUT2D eigenvalue weighted by Crippen LogP contribution is -2.56. The molecule has 1 N–H and O–H groups in total. The molecule has 0 aliphatic carbocycles. The summed E-state index contributed by atoms with van der Waals surface area (Å²) in [5.41, 5.74) is 0.807. The van der Waals surface area contributed by atoms with Gasteiger partial charge in [0.2, 0.25) is 5.91 Å². The largest absolute Gasteiger partial charge is 0.497 e. The average Bonchev–Trinajstić information content (AvgIpc) is 2.99. The number of nitrogens with one attached hydrogen (secondary N) is 1. The van der Waals surface area contributed by atoms with Gasteiger partial charge in [0, 0.05) is 43.7 Å². The normalized spacial score (nSPS) is 21.4. The average molecular weight is 420 g/mol. The molecule has 2 fully saturated rings. The van der Waals surface area contributed by atoms with E-state index in [1.807, 2.05) is 34.9 Å². The van der Waals surface area contributed by atoms with Crippen LogP contribution < -0.4 is 14.8 Å². The number of urea groups is 1. The summed E-state index contributed by atoms with van der Waals surface area (Å²) >= 11 is 0. The predicted octanol–water partition coefficient (Wildman–Crippen LogP) is 1.92. The molecule has 0 unspecified atom stereocenters. The molecule has 2 aliphatic rings. The van der Waals surface area contributed by atoms with E-state index in [9.17, 15) is 9.59 Å². The molecule has 2 saturated heterocycles. The molecule has 1 aromatic carbocycles. The Morgan fingerprint density at radius 1 is 1.23 bits per heavy atom. The zero-order chi connectivity index (χ0) is 21.5. The summed E-state index contributed by atoms with van der Waals surface area (Å²) in [7, 11) is 3.20. The molecule has 1 aromatic rings. The maximum absolute atomic E-state index is 13.0. The molecule has 0 radical (unpaired) electrons. The Hall–Kier alpha value is -2.48. The highest BCUT2D eigenvalue weighted by atomic mass is 16.5. The van der Waals surface area contributed by atoms with Gasteiger partial charge >= 0.3 is 6.03 Å². The Labute approximate surface area is 178 Å². The maximum Gasteiger partial charge on any atom is 0.317 e. The summed E-state index contributed by atoms with van der Waals surface area (Å²) in [6.07, 6.45) is 1.91. The molecule has 0 spiro atoms. The first-order valence-electron chi connectivity index (χ1n) is 10.7. The van der Waals surface area contributed by atoms with Gasteiger partial charge in [-0.25, -0.2) is 4.79 Å². The van der Waals surface area contributed by atoms with E-state index < -0.39 is 0 Å². The molecule has 8 heteroatoms. The number of piperidine rings is 1. The fraction of sp³-hybridized carbons (Fsp3) is 0.636. The Bertz CT molecular complexity index is 741. The van der Waals surface area contributed by atoms with Crippen LogP contribution in [0.2, 0.25) is 0 Å². The summed E-state index contributed by atoms with van der Waals surface area (Å²) < 4.78 is 16.5. The smallest absolute Gasteiger partial charge is 0.317 e. The van der Waals surface area contributed by atoms with Crippen molar-refractivity contribution < 1.29 is 23.8 Å². The summed E-state index contributed by atoms with van der Waals surface area (Å²) in [5.74, 6) is 1.54. The van der Waals surface area contributed by atoms with E-state index in [2.05, 4.69) is 5.32 Å². The number of carbonyl (C=O) groups excluding carboxylic acids is 2. The van der Waals surface area contributed by atoms with E-state index in [0.29, 0.717) is 50.9 Å². The number of fused-ring (bicyclic) bond motifs is 1. The van der Waals surface area contributed by atoms with E-state index in [-0.39, 0.29) is 30.3 Å². The maximum atomic E-state index is 13.0. The molecule has 0 aromatic heterocycles. The quantitative estimate of drug-likeness (QED) is 0.762. The van der Waals surface area contributed by atoms with Gasteiger partial charge < -0.3 is 29.3 Å². The number of hydrogen-bond acceptors (Lipinski definition) is 5. The number of rotatable bonds is 6. The van der Waals surface area contributed by atoms with Crippen LogP contribution in [0, 0.1) is 5.92 Å². The van der Waals surface area contributed by atoms with E-state index >= 15 is 0 Å². The highest BCUT2D eigenvalue weighted by Crippen LogP contribution is 2.28. The molecule has 2 aliphatic heterocycles. The van der Waals surface area contributed by atoms with Gasteiger partial charge in [-0.2, -0.15) is 0 Å². The Kier molecular flexibility index (Phi) is 7.79. The van der Waals surface area contributed by atoms with E-state index in [1.165, 1.54) is 0 Å². The number of amides is 3. The minimum Gasteiger partial charge on any atom is -0.497 e. The standard InChI is InChI=1S/C22H33N3O5/c1-4-8-23-22(27)25-10-11-30-15-17-14-24(9-7-19(17)25)21(26)13-16-12-18(28-2)5-6-20(16)29-3/h5-6,12,17,19H,4,7-11,13-15H2,1-3H3,(H,23,27)/t17-,19-/m1/s1. The van der Waals surface area contributed by atoms with Crippen LogP contribution in [0.4, 0.5) is 4.79 Å². The van der Waals surface area contributed by atoms with Gasteiger partial charge in [0.15, 0.2) is 0 Å². The molecule has 3 amide bonds. The Balaban J connectivity index is 1.66. The van der Waals surface area contributed by atoms with Crippen molar-refractivity contribution in [3.8, 4) is 11.5 Å². The lowest BCUT2D eigenvalue weighted by Gasteiger charge is -2.42. The number of methoxy groups -OCH3 is 2. The number of ether oxygens (including phenoxy) is 3. The van der Waals surface area contributed by atoms with Crippen LogP contribution >= 0.6 is 0 Å². The highest BCUT2D eigenvalue weighted by molar-refractivity contribution is 5.80. The molecule has 0 bridgehead atoms. The second kappa shape index (κ2) is 10.5. The van der Waals surface area contributed by atoms with Crippen LogP contribution in [-0.2, 0) is 16.0 Å². The van der Waals surface area contributed by atoms with Crippen molar-refractivity contribution in [2.45, 2.75) is 32.2 Å². The zero-order valence-corrected chi connectivity index (χ0v) is 18.2. The van der Waals surface area contributed by atoms with Crippen LogP contribution in [0.5, 0.6) is 11.5 Å². The number of hydrogen-bond donors (Lipinski definition) is 1. The fourth-order valence-electron chi connectivity index (χ4n) is 4.26. The summed E-state index contributed by atoms with van der Waals surface area (Å²) in [6.45, 7) is 5.61. The molecule has 2 heterocycles. The molecular weight excluding hydrogens is 386 g/mol. The predicted molar refractivity (Wildman–Crippen MR) is 113 cm³/mol. The van der Waals surface area contributed by atoms with Gasteiger partial charge in [-0.05, 0) is 31.0 Å². The number of carbonyl (C=O) groups is 2. The van der Waals surface area contributed by atoms with Gasteiger partial charge in [-0.3, -0.25) is 4.79 Å². The third-order valence-corrected chi connectivity index (χ3v) is 5.87. The highest BCUT2D eigenvalue weighted by Gasteiger charge is 2.38. The fourth-order valence-corrected chi connectivity index (χ4v) is 4.26. The number of nitrogens with zero attached hydrogens (tertiary/aromatic N) is 2. The van der Waals surface area contributed by atoms with E-state index in [4.69, 9.17) is 14.2 Å². The third-order valence-electron chi connectivity index (χ3n) is 5.87. The lowest BCUT2D eigenvalue weighted by molar-refractivity contribution is -0.133. The van der Waals surface area contributed by atoms with E-state index in [1.54, 1.807) is 14.2 Å². The minimum atomic E-state index is -0.0294. The molecule has 166 valence electrons. The number of benzene rings is 1. The Morgan fingerprint density at radius 2 is 2.07 bits per heavy atom. The minimum absolute atomic E-state index is 0.0294. The second-order valence-corrected chi connectivity index (χ2v) is 7.81. The van der Waals surface area contributed by atoms with Gasteiger partial charge in [-0.1, -0.05) is 6.92 Å². The van der Waals surface area contributed by atoms with Gasteiger partial charge in [-0.15, -0.1) is 0 Å². The summed E-state index contributed by atoms with van der Waals surface area (Å²) in [6, 6.07) is 5.55. The van der Waals surface area contributed by atoms with Gasteiger partial charge in [0.05, 0.1) is 33.9 Å². The summed E-state index contributed by atoms with van der Waals surface area (Å²) in [5, 5.41) is 2.98. The molecule has 30 heavy (non-hydrogen) atoms. The first-order valence-corrected chi connectivity index (χ1v) is 10.7. The van der Waals surface area contributed by atoms with Gasteiger partial charge in [0.1, 0.15) is 11.5 Å². The van der Waals surface area contributed by atoms with Crippen molar-refractivity contribution in [2.75, 3.05) is 53.6 Å². The monoisotopic (exact) mass is 419 g/mol. The number of likely N-dealkylation sites (tertiary alicyclic amines) is 1. The van der Waals surface area contributed by atoms with Crippen LogP contribution in [-0.4, -0.2) is 81.4 Å². The first kappa shape index (κ1) is 22.2. The summed E-state index contributed by atoms with van der Waals surface area (Å²) in [4.78, 5) is 29.4. The molecule has 2 atom stereocenters. The third kappa shape index (κ3) is 5.16. The van der Waals surface area contributed by atoms with Crippen LogP contribution in [0.1, 0.15) is 25.3 Å². The van der Waals surface area contributed by atoms with Crippen molar-refractivity contribution in [1.29, 1.82) is 0 Å². The van der Waals surface area contributed by atoms with Crippen LogP contribution in [0.3, 0.4) is 0 Å². The van der Waals surface area contributed by atoms with Crippen LogP contribution in [0.15, 0.2) is 18.2 Å². The molecule has 8 nitrogen and oxygen atoms in total. The SMILES string of the molecule is CCCNC(=O)N1CCOC[C@H]2CN(C(=O)Cc3cc(OC)ccc3OC)CC[C@H]21. The topological polar surface area (TPSA) is 80.3 Å². The van der Waals surface area contributed by atoms with Crippen molar-refractivity contribution >= 4 is 11.9 Å². The van der Waals surface area contributed by atoms with Crippen molar-refractivity contribution in [3.05, 3.63) is 23.8 Å². The van der Waals surface area contributed by atoms with Crippen LogP contribution in [0.25, 0.3) is 0 Å². The van der Waals surface area contributed by atoms with E-state index in [0.717, 1.165) is 18.4 Å². The molecule has 3 rings (SSSR count). The van der Waals surface area contributed by atoms with Crippen molar-refractivity contribution in [1.82, 2.24) is 15.1 Å².